The first-order valence-electron chi connectivity index (χ1n) is 4.59. The molecule has 0 fully saturated rings. The first kappa shape index (κ1) is 10.9. The number of Topliss-reactive ketones (excluding diaryl/α,β-unsaturated/α-hetero) is 1. The normalized spacial score (nSPS) is 10.2. The van der Waals surface area contributed by atoms with Crippen molar-refractivity contribution < 1.29 is 4.79 Å². The predicted molar refractivity (Wildman–Crippen MR) is 55.4 cm³/mol. The molecule has 0 aromatic heterocycles. The van der Waals surface area contributed by atoms with Gasteiger partial charge in [0.2, 0.25) is 0 Å². The van der Waals surface area contributed by atoms with Gasteiger partial charge in [-0.05, 0) is 35.7 Å². The van der Waals surface area contributed by atoms with Gasteiger partial charge in [-0.25, -0.2) is 0 Å². The van der Waals surface area contributed by atoms with Crippen molar-refractivity contribution in [3.05, 3.63) is 34.9 Å². The van der Waals surface area contributed by atoms with Crippen LogP contribution in [0.4, 0.5) is 0 Å². The molecule has 1 aromatic rings. The van der Waals surface area contributed by atoms with Crippen LogP contribution in [0.25, 0.3) is 0 Å². The molecular weight excluding hydrogens is 176 g/mol. The van der Waals surface area contributed by atoms with Crippen LogP contribution in [0.3, 0.4) is 0 Å². The van der Waals surface area contributed by atoms with Gasteiger partial charge in [0, 0.05) is 19.5 Å². The summed E-state index contributed by atoms with van der Waals surface area (Å²) >= 11 is 0. The molecule has 3 heteroatoms. The Morgan fingerprint density at radius 1 is 1.36 bits per heavy atom. The van der Waals surface area contributed by atoms with E-state index in [9.17, 15) is 4.79 Å². The van der Waals surface area contributed by atoms with Crippen LogP contribution in [0, 0.1) is 6.07 Å². The monoisotopic (exact) mass is 191 g/mol. The fourth-order valence-corrected chi connectivity index (χ4v) is 1.37. The molecule has 14 heavy (non-hydrogen) atoms. The maximum atomic E-state index is 10.9. The summed E-state index contributed by atoms with van der Waals surface area (Å²) in [5.41, 5.74) is 14.0. The van der Waals surface area contributed by atoms with Gasteiger partial charge in [0.1, 0.15) is 5.78 Å². The van der Waals surface area contributed by atoms with Gasteiger partial charge in [-0.15, -0.1) is 0 Å². The number of ketones is 1. The van der Waals surface area contributed by atoms with Crippen LogP contribution in [-0.4, -0.2) is 5.78 Å². The number of hydrogen-bond acceptors (Lipinski definition) is 3. The summed E-state index contributed by atoms with van der Waals surface area (Å²) in [5, 5.41) is 0. The van der Waals surface area contributed by atoms with Crippen LogP contribution in [0.1, 0.15) is 23.6 Å². The Labute approximate surface area is 84.1 Å². The van der Waals surface area contributed by atoms with Gasteiger partial charge < -0.3 is 11.5 Å². The zero-order chi connectivity index (χ0) is 10.6. The fraction of sp³-hybridized carbons (Fsp3) is 0.364. The van der Waals surface area contributed by atoms with Gasteiger partial charge >= 0.3 is 0 Å². The van der Waals surface area contributed by atoms with E-state index in [1.807, 2.05) is 12.1 Å². The molecule has 0 saturated carbocycles. The summed E-state index contributed by atoms with van der Waals surface area (Å²) in [6.07, 6.45) is 0.415. The second kappa shape index (κ2) is 4.88. The van der Waals surface area contributed by atoms with E-state index >= 15 is 0 Å². The zero-order valence-corrected chi connectivity index (χ0v) is 8.34. The molecule has 0 saturated heterocycles. The average molecular weight is 191 g/mol. The first-order valence-corrected chi connectivity index (χ1v) is 4.59. The van der Waals surface area contributed by atoms with E-state index in [1.165, 1.54) is 0 Å². The van der Waals surface area contributed by atoms with Gasteiger partial charge in [0.15, 0.2) is 0 Å². The Balaban J connectivity index is 2.95. The predicted octanol–water partition coefficient (Wildman–Crippen LogP) is 0.536. The van der Waals surface area contributed by atoms with Crippen molar-refractivity contribution in [2.75, 3.05) is 0 Å². The van der Waals surface area contributed by atoms with E-state index in [0.29, 0.717) is 19.5 Å². The van der Waals surface area contributed by atoms with Gasteiger partial charge in [-0.2, -0.15) is 0 Å². The molecule has 1 rings (SSSR count). The highest BCUT2D eigenvalue weighted by Crippen LogP contribution is 2.11. The molecule has 4 N–H and O–H groups in total. The molecule has 0 spiro atoms. The van der Waals surface area contributed by atoms with Crippen LogP contribution in [-0.2, 0) is 24.3 Å². The molecule has 75 valence electrons. The van der Waals surface area contributed by atoms with E-state index in [2.05, 4.69) is 6.07 Å². The summed E-state index contributed by atoms with van der Waals surface area (Å²) in [6.45, 7) is 2.47. The van der Waals surface area contributed by atoms with Gasteiger partial charge in [-0.3, -0.25) is 4.79 Å². The quantitative estimate of drug-likeness (QED) is 0.729. The lowest BCUT2D eigenvalue weighted by atomic mass is 10.0. The Bertz CT molecular complexity index is 334. The van der Waals surface area contributed by atoms with Crippen LogP contribution in [0.5, 0.6) is 0 Å². The van der Waals surface area contributed by atoms with Crippen LogP contribution in [0.2, 0.25) is 0 Å². The van der Waals surface area contributed by atoms with Crippen molar-refractivity contribution in [1.82, 2.24) is 0 Å². The Morgan fingerprint density at radius 3 is 2.50 bits per heavy atom. The first-order chi connectivity index (χ1) is 6.67. The number of carbonyl (C=O) groups excluding carboxylic acids is 1. The van der Waals surface area contributed by atoms with Gasteiger partial charge in [0.05, 0.1) is 0 Å². The van der Waals surface area contributed by atoms with Gasteiger partial charge in [0.25, 0.3) is 0 Å². The van der Waals surface area contributed by atoms with Crippen LogP contribution >= 0.6 is 0 Å². The number of nitrogens with two attached hydrogens (primary N) is 2. The highest BCUT2D eigenvalue weighted by molar-refractivity contribution is 5.78. The number of carbonyl (C=O) groups is 1. The minimum Gasteiger partial charge on any atom is -0.326 e. The van der Waals surface area contributed by atoms with Crippen molar-refractivity contribution in [2.24, 2.45) is 11.5 Å². The summed E-state index contributed by atoms with van der Waals surface area (Å²) in [6, 6.07) is 6.76. The second-order valence-electron chi connectivity index (χ2n) is 3.30. The lowest BCUT2D eigenvalue weighted by Gasteiger charge is -2.07. The van der Waals surface area contributed by atoms with E-state index < -0.39 is 0 Å². The molecule has 0 atom stereocenters. The third-order valence-corrected chi connectivity index (χ3v) is 2.07. The highest BCUT2D eigenvalue weighted by Gasteiger charge is 2.03. The topological polar surface area (TPSA) is 69.1 Å². The standard InChI is InChI=1S/C11H15N2O/c1-8(14)4-9-2-3-10(6-12)11(5-9)7-13/h3,5H,4,6-7,12-13H2,1H3. The lowest BCUT2D eigenvalue weighted by Crippen LogP contribution is -2.07. The Morgan fingerprint density at radius 2 is 2.00 bits per heavy atom. The maximum absolute atomic E-state index is 10.9. The van der Waals surface area contributed by atoms with Crippen molar-refractivity contribution in [1.29, 1.82) is 0 Å². The Kier molecular flexibility index (Phi) is 3.80. The van der Waals surface area contributed by atoms with Gasteiger partial charge in [-0.1, -0.05) is 6.07 Å². The number of rotatable bonds is 4. The van der Waals surface area contributed by atoms with Crippen molar-refractivity contribution in [3.63, 3.8) is 0 Å². The van der Waals surface area contributed by atoms with Crippen molar-refractivity contribution in [3.8, 4) is 0 Å². The van der Waals surface area contributed by atoms with E-state index in [-0.39, 0.29) is 5.78 Å². The summed E-state index contributed by atoms with van der Waals surface area (Å²) < 4.78 is 0. The third kappa shape index (κ3) is 2.65. The van der Waals surface area contributed by atoms with Crippen LogP contribution < -0.4 is 11.5 Å². The molecule has 0 aliphatic rings. The molecular formula is C11H15N2O. The minimum absolute atomic E-state index is 0.129. The maximum Gasteiger partial charge on any atom is 0.134 e. The highest BCUT2D eigenvalue weighted by atomic mass is 16.1. The summed E-state index contributed by atoms with van der Waals surface area (Å²) in [4.78, 5) is 10.9. The zero-order valence-electron chi connectivity index (χ0n) is 8.34. The minimum atomic E-state index is 0.129. The Hall–Kier alpha value is -1.19. The lowest BCUT2D eigenvalue weighted by molar-refractivity contribution is -0.116. The average Bonchev–Trinajstić information content (AvgIpc) is 2.16. The van der Waals surface area contributed by atoms with Crippen molar-refractivity contribution >= 4 is 5.78 Å². The number of hydrogen-bond donors (Lipinski definition) is 2. The molecule has 0 aliphatic heterocycles. The molecule has 0 bridgehead atoms. The second-order valence-corrected chi connectivity index (χ2v) is 3.30. The molecule has 0 unspecified atom stereocenters. The molecule has 1 radical (unpaired) electrons. The van der Waals surface area contributed by atoms with E-state index in [4.69, 9.17) is 11.5 Å². The fourth-order valence-electron chi connectivity index (χ4n) is 1.37. The number of benzene rings is 1. The molecule has 0 amide bonds. The van der Waals surface area contributed by atoms with E-state index in [1.54, 1.807) is 6.92 Å². The van der Waals surface area contributed by atoms with Crippen LogP contribution in [0.15, 0.2) is 12.1 Å². The molecule has 3 nitrogen and oxygen atoms in total. The molecule has 0 aliphatic carbocycles. The summed E-state index contributed by atoms with van der Waals surface area (Å²) in [5.74, 6) is 0.129. The smallest absolute Gasteiger partial charge is 0.134 e. The molecule has 1 aromatic carbocycles. The molecule has 0 heterocycles. The SMILES string of the molecule is CC(=O)Cc1[c]cc(CN)c(CN)c1. The third-order valence-electron chi connectivity index (χ3n) is 2.07. The summed E-state index contributed by atoms with van der Waals surface area (Å²) in [7, 11) is 0. The largest absolute Gasteiger partial charge is 0.326 e. The van der Waals surface area contributed by atoms with Crippen molar-refractivity contribution in [2.45, 2.75) is 26.4 Å². The van der Waals surface area contributed by atoms with E-state index in [0.717, 1.165) is 16.7 Å².